The minimum Gasteiger partial charge on any atom is -0.494 e. The summed E-state index contributed by atoms with van der Waals surface area (Å²) in [6, 6.07) is 6.56. The summed E-state index contributed by atoms with van der Waals surface area (Å²) in [7, 11) is 2.02. The average molecular weight is 328 g/mol. The molecule has 1 fully saturated rings. The lowest BCUT2D eigenvalue weighted by Gasteiger charge is -2.31. The molecule has 2 unspecified atom stereocenters. The first-order valence-electron chi connectivity index (χ1n) is 6.93. The minimum atomic E-state index is 0.324. The van der Waals surface area contributed by atoms with E-state index < -0.39 is 0 Å². The van der Waals surface area contributed by atoms with Crippen LogP contribution in [0.1, 0.15) is 31.4 Å². The molecule has 0 aliphatic carbocycles. The number of halogens is 1. The highest BCUT2D eigenvalue weighted by molar-refractivity contribution is 9.10. The molecule has 1 heterocycles. The van der Waals surface area contributed by atoms with Gasteiger partial charge in [0.2, 0.25) is 0 Å². The summed E-state index contributed by atoms with van der Waals surface area (Å²) in [6.45, 7) is 4.43. The second-order valence-corrected chi connectivity index (χ2v) is 5.71. The predicted molar refractivity (Wildman–Crippen MR) is 80.7 cm³/mol. The topological polar surface area (TPSA) is 30.5 Å². The van der Waals surface area contributed by atoms with Gasteiger partial charge in [-0.3, -0.25) is 0 Å². The van der Waals surface area contributed by atoms with Gasteiger partial charge < -0.3 is 14.8 Å². The van der Waals surface area contributed by atoms with Gasteiger partial charge in [0.25, 0.3) is 0 Å². The number of ether oxygens (including phenoxy) is 2. The van der Waals surface area contributed by atoms with Crippen molar-refractivity contribution in [1.29, 1.82) is 0 Å². The van der Waals surface area contributed by atoms with E-state index in [2.05, 4.69) is 27.3 Å². The second kappa shape index (κ2) is 7.27. The molecule has 1 aromatic rings. The summed E-state index contributed by atoms with van der Waals surface area (Å²) < 4.78 is 12.2. The van der Waals surface area contributed by atoms with E-state index in [-0.39, 0.29) is 0 Å². The van der Waals surface area contributed by atoms with Gasteiger partial charge in [-0.2, -0.15) is 0 Å². The van der Waals surface area contributed by atoms with Crippen molar-refractivity contribution in [3.8, 4) is 5.75 Å². The van der Waals surface area contributed by atoms with Gasteiger partial charge in [-0.25, -0.2) is 0 Å². The lowest BCUT2D eigenvalue weighted by atomic mass is 9.89. The number of hydrogen-bond acceptors (Lipinski definition) is 3. The van der Waals surface area contributed by atoms with Crippen molar-refractivity contribution >= 4 is 15.9 Å². The summed E-state index contributed by atoms with van der Waals surface area (Å²) in [5, 5.41) is 3.43. The van der Waals surface area contributed by atoms with Crippen LogP contribution in [0, 0.1) is 5.92 Å². The highest BCUT2D eigenvalue weighted by atomic mass is 79.9. The molecule has 1 aromatic carbocycles. The predicted octanol–water partition coefficient (Wildman–Crippen LogP) is 3.53. The molecule has 3 nitrogen and oxygen atoms in total. The SMILES string of the molecule is CCOc1ccc(C(NC)C2CCCOC2)c(Br)c1. The Hall–Kier alpha value is -0.580. The standard InChI is InChI=1S/C15H22BrNO2/c1-3-19-12-6-7-13(14(16)9-12)15(17-2)11-5-4-8-18-10-11/h6-7,9,11,15,17H,3-5,8,10H2,1-2H3. The molecule has 1 aliphatic rings. The smallest absolute Gasteiger partial charge is 0.120 e. The van der Waals surface area contributed by atoms with Gasteiger partial charge in [0.05, 0.1) is 13.2 Å². The zero-order valence-corrected chi connectivity index (χ0v) is 13.2. The quantitative estimate of drug-likeness (QED) is 0.897. The van der Waals surface area contributed by atoms with Crippen LogP contribution in [-0.2, 0) is 4.74 Å². The van der Waals surface area contributed by atoms with E-state index in [0.717, 1.165) is 29.9 Å². The van der Waals surface area contributed by atoms with E-state index in [1.807, 2.05) is 26.1 Å². The van der Waals surface area contributed by atoms with Crippen molar-refractivity contribution < 1.29 is 9.47 Å². The van der Waals surface area contributed by atoms with Crippen molar-refractivity contribution in [3.05, 3.63) is 28.2 Å². The van der Waals surface area contributed by atoms with E-state index in [0.29, 0.717) is 18.6 Å². The highest BCUT2D eigenvalue weighted by Gasteiger charge is 2.25. The zero-order valence-electron chi connectivity index (χ0n) is 11.6. The van der Waals surface area contributed by atoms with Crippen LogP contribution in [-0.4, -0.2) is 26.9 Å². The lowest BCUT2D eigenvalue weighted by Crippen LogP contribution is -2.31. The van der Waals surface area contributed by atoms with Crippen molar-refractivity contribution in [2.45, 2.75) is 25.8 Å². The van der Waals surface area contributed by atoms with Gasteiger partial charge in [0.15, 0.2) is 0 Å². The fourth-order valence-corrected chi connectivity index (χ4v) is 3.29. The van der Waals surface area contributed by atoms with E-state index in [1.165, 1.54) is 12.0 Å². The summed E-state index contributed by atoms with van der Waals surface area (Å²) in [5.74, 6) is 1.45. The molecule has 2 rings (SSSR count). The molecule has 1 aliphatic heterocycles. The Morgan fingerprint density at radius 3 is 2.95 bits per heavy atom. The van der Waals surface area contributed by atoms with E-state index in [4.69, 9.17) is 9.47 Å². The van der Waals surface area contributed by atoms with Crippen LogP contribution < -0.4 is 10.1 Å². The van der Waals surface area contributed by atoms with Gasteiger partial charge in [0.1, 0.15) is 5.75 Å². The molecule has 1 N–H and O–H groups in total. The Morgan fingerprint density at radius 2 is 2.37 bits per heavy atom. The monoisotopic (exact) mass is 327 g/mol. The van der Waals surface area contributed by atoms with Crippen LogP contribution in [0.5, 0.6) is 5.75 Å². The zero-order chi connectivity index (χ0) is 13.7. The fourth-order valence-electron chi connectivity index (χ4n) is 2.69. The molecule has 0 bridgehead atoms. The number of nitrogens with one attached hydrogen (secondary N) is 1. The third-order valence-electron chi connectivity index (χ3n) is 3.60. The maximum atomic E-state index is 5.61. The van der Waals surface area contributed by atoms with Gasteiger partial charge in [-0.15, -0.1) is 0 Å². The summed E-state index contributed by atoms with van der Waals surface area (Å²) in [4.78, 5) is 0. The van der Waals surface area contributed by atoms with E-state index in [1.54, 1.807) is 0 Å². The fraction of sp³-hybridized carbons (Fsp3) is 0.600. The molecular weight excluding hydrogens is 306 g/mol. The maximum absolute atomic E-state index is 5.61. The molecule has 0 spiro atoms. The molecule has 106 valence electrons. The summed E-state index contributed by atoms with van der Waals surface area (Å²) >= 11 is 3.66. The Labute approximate surface area is 123 Å². The molecule has 0 aromatic heterocycles. The molecule has 1 saturated heterocycles. The highest BCUT2D eigenvalue weighted by Crippen LogP contribution is 2.34. The largest absolute Gasteiger partial charge is 0.494 e. The molecular formula is C15H22BrNO2. The number of benzene rings is 1. The van der Waals surface area contributed by atoms with Crippen molar-refractivity contribution in [3.63, 3.8) is 0 Å². The summed E-state index contributed by atoms with van der Waals surface area (Å²) in [6.07, 6.45) is 2.36. The van der Waals surface area contributed by atoms with Crippen LogP contribution in [0.2, 0.25) is 0 Å². The first kappa shape index (κ1) is 14.8. The third-order valence-corrected chi connectivity index (χ3v) is 4.28. The number of hydrogen-bond donors (Lipinski definition) is 1. The van der Waals surface area contributed by atoms with Gasteiger partial charge in [0, 0.05) is 23.0 Å². The van der Waals surface area contributed by atoms with Crippen molar-refractivity contribution in [2.75, 3.05) is 26.9 Å². The van der Waals surface area contributed by atoms with Gasteiger partial charge in [-0.05, 0) is 44.5 Å². The van der Waals surface area contributed by atoms with Crippen LogP contribution >= 0.6 is 15.9 Å². The van der Waals surface area contributed by atoms with Crippen LogP contribution in [0.25, 0.3) is 0 Å². The molecule has 0 amide bonds. The van der Waals surface area contributed by atoms with E-state index >= 15 is 0 Å². The Balaban J connectivity index is 2.17. The maximum Gasteiger partial charge on any atom is 0.120 e. The van der Waals surface area contributed by atoms with Crippen molar-refractivity contribution in [2.24, 2.45) is 5.92 Å². The Kier molecular flexibility index (Phi) is 5.67. The summed E-state index contributed by atoms with van der Waals surface area (Å²) in [5.41, 5.74) is 1.28. The molecule has 4 heteroatoms. The first-order chi connectivity index (χ1) is 9.26. The molecule has 0 saturated carbocycles. The normalized spacial score (nSPS) is 21.1. The van der Waals surface area contributed by atoms with Crippen LogP contribution in [0.3, 0.4) is 0 Å². The molecule has 2 atom stereocenters. The van der Waals surface area contributed by atoms with Gasteiger partial charge >= 0.3 is 0 Å². The van der Waals surface area contributed by atoms with Gasteiger partial charge in [-0.1, -0.05) is 22.0 Å². The van der Waals surface area contributed by atoms with Crippen molar-refractivity contribution in [1.82, 2.24) is 5.32 Å². The average Bonchev–Trinajstić information content (AvgIpc) is 2.43. The molecule has 19 heavy (non-hydrogen) atoms. The van der Waals surface area contributed by atoms with Crippen LogP contribution in [0.4, 0.5) is 0 Å². The molecule has 0 radical (unpaired) electrons. The number of rotatable bonds is 5. The Morgan fingerprint density at radius 1 is 1.53 bits per heavy atom. The first-order valence-corrected chi connectivity index (χ1v) is 7.72. The lowest BCUT2D eigenvalue weighted by molar-refractivity contribution is 0.0401. The van der Waals surface area contributed by atoms with Crippen LogP contribution in [0.15, 0.2) is 22.7 Å². The second-order valence-electron chi connectivity index (χ2n) is 4.86. The Bertz CT molecular complexity index is 405. The third kappa shape index (κ3) is 3.71. The minimum absolute atomic E-state index is 0.324. The van der Waals surface area contributed by atoms with E-state index in [9.17, 15) is 0 Å².